The Labute approximate surface area is 109 Å². The molecule has 6 nitrogen and oxygen atoms in total. The van der Waals surface area contributed by atoms with Crippen molar-refractivity contribution in [3.05, 3.63) is 16.1 Å². The summed E-state index contributed by atoms with van der Waals surface area (Å²) in [5.74, 6) is -1.01. The zero-order chi connectivity index (χ0) is 13.5. The number of carbonyl (C=O) groups excluding carboxylic acids is 1. The Bertz CT molecular complexity index is 417. The lowest BCUT2D eigenvalue weighted by Crippen LogP contribution is -2.32. The van der Waals surface area contributed by atoms with Crippen molar-refractivity contribution in [1.29, 1.82) is 0 Å². The van der Waals surface area contributed by atoms with Gasteiger partial charge in [0.2, 0.25) is 10.9 Å². The SMILES string of the molecule is CC(C)NC(=O)CCNCc1csc(C(=O)O)n1. The van der Waals surface area contributed by atoms with Crippen molar-refractivity contribution in [2.24, 2.45) is 0 Å². The molecule has 0 saturated heterocycles. The van der Waals surface area contributed by atoms with Gasteiger partial charge in [-0.3, -0.25) is 4.79 Å². The fourth-order valence-electron chi connectivity index (χ4n) is 1.30. The van der Waals surface area contributed by atoms with Crippen LogP contribution >= 0.6 is 11.3 Å². The number of hydrogen-bond acceptors (Lipinski definition) is 5. The highest BCUT2D eigenvalue weighted by molar-refractivity contribution is 7.11. The van der Waals surface area contributed by atoms with E-state index in [9.17, 15) is 9.59 Å². The fourth-order valence-corrected chi connectivity index (χ4v) is 1.95. The molecule has 3 N–H and O–H groups in total. The lowest BCUT2D eigenvalue weighted by Gasteiger charge is -2.08. The molecule has 0 aliphatic rings. The number of carbonyl (C=O) groups is 2. The Morgan fingerprint density at radius 1 is 1.50 bits per heavy atom. The summed E-state index contributed by atoms with van der Waals surface area (Å²) in [4.78, 5) is 25.9. The Balaban J connectivity index is 2.21. The van der Waals surface area contributed by atoms with Crippen LogP contribution in [0.25, 0.3) is 0 Å². The minimum absolute atomic E-state index is 0.00185. The van der Waals surface area contributed by atoms with E-state index < -0.39 is 5.97 Å². The van der Waals surface area contributed by atoms with Crippen LogP contribution in [0.2, 0.25) is 0 Å². The van der Waals surface area contributed by atoms with Gasteiger partial charge in [-0.25, -0.2) is 9.78 Å². The molecule has 7 heteroatoms. The average Bonchev–Trinajstić information content (AvgIpc) is 2.72. The second-order valence-electron chi connectivity index (χ2n) is 4.10. The maximum Gasteiger partial charge on any atom is 0.365 e. The van der Waals surface area contributed by atoms with Gasteiger partial charge in [0.15, 0.2) is 0 Å². The summed E-state index contributed by atoms with van der Waals surface area (Å²) in [7, 11) is 0. The van der Waals surface area contributed by atoms with Gasteiger partial charge in [0.25, 0.3) is 0 Å². The zero-order valence-corrected chi connectivity index (χ0v) is 11.2. The van der Waals surface area contributed by atoms with E-state index in [1.807, 2.05) is 13.8 Å². The maximum absolute atomic E-state index is 11.3. The van der Waals surface area contributed by atoms with Gasteiger partial charge in [-0.05, 0) is 13.8 Å². The molecule has 0 unspecified atom stereocenters. The van der Waals surface area contributed by atoms with Crippen molar-refractivity contribution in [2.45, 2.75) is 32.9 Å². The third-order valence-electron chi connectivity index (χ3n) is 2.02. The molecule has 100 valence electrons. The standard InChI is InChI=1S/C11H17N3O3S/c1-7(2)13-9(15)3-4-12-5-8-6-18-10(14-8)11(16)17/h6-7,12H,3-5H2,1-2H3,(H,13,15)(H,16,17). The molecular formula is C11H17N3O3S. The van der Waals surface area contributed by atoms with Crippen LogP contribution in [0.4, 0.5) is 0 Å². The van der Waals surface area contributed by atoms with E-state index in [0.29, 0.717) is 25.2 Å². The summed E-state index contributed by atoms with van der Waals surface area (Å²) in [6, 6.07) is 0.147. The predicted octanol–water partition coefficient (Wildman–Crippen LogP) is 0.846. The van der Waals surface area contributed by atoms with E-state index in [-0.39, 0.29) is 17.0 Å². The van der Waals surface area contributed by atoms with Gasteiger partial charge in [0.05, 0.1) is 5.69 Å². The Hall–Kier alpha value is -1.47. The van der Waals surface area contributed by atoms with Crippen molar-refractivity contribution in [2.75, 3.05) is 6.54 Å². The molecule has 0 aliphatic carbocycles. The monoisotopic (exact) mass is 271 g/mol. The lowest BCUT2D eigenvalue weighted by molar-refractivity contribution is -0.121. The molecule has 1 aromatic rings. The summed E-state index contributed by atoms with van der Waals surface area (Å²) in [5, 5.41) is 16.3. The van der Waals surface area contributed by atoms with Crippen molar-refractivity contribution in [3.63, 3.8) is 0 Å². The number of aromatic nitrogens is 1. The van der Waals surface area contributed by atoms with Gasteiger partial charge < -0.3 is 15.7 Å². The number of carboxylic acid groups (broad SMARTS) is 1. The fraction of sp³-hybridized carbons (Fsp3) is 0.545. The largest absolute Gasteiger partial charge is 0.476 e. The second-order valence-corrected chi connectivity index (χ2v) is 4.96. The van der Waals surface area contributed by atoms with E-state index >= 15 is 0 Å². The van der Waals surface area contributed by atoms with Crippen LogP contribution in [0.1, 0.15) is 35.8 Å². The highest BCUT2D eigenvalue weighted by Crippen LogP contribution is 2.09. The van der Waals surface area contributed by atoms with Crippen LogP contribution in [0, 0.1) is 0 Å². The lowest BCUT2D eigenvalue weighted by atomic mass is 10.3. The molecule has 0 radical (unpaired) electrons. The number of hydrogen-bond donors (Lipinski definition) is 3. The van der Waals surface area contributed by atoms with Gasteiger partial charge in [-0.1, -0.05) is 0 Å². The van der Waals surface area contributed by atoms with Gasteiger partial charge in [-0.15, -0.1) is 11.3 Å². The Morgan fingerprint density at radius 2 is 2.22 bits per heavy atom. The van der Waals surface area contributed by atoms with E-state index in [1.54, 1.807) is 5.38 Å². The predicted molar refractivity (Wildman–Crippen MR) is 68.7 cm³/mol. The molecule has 0 aromatic carbocycles. The molecule has 0 aliphatic heterocycles. The highest BCUT2D eigenvalue weighted by Gasteiger charge is 2.08. The van der Waals surface area contributed by atoms with E-state index in [2.05, 4.69) is 15.6 Å². The molecule has 0 saturated carbocycles. The summed E-state index contributed by atoms with van der Waals surface area (Å²) in [6.07, 6.45) is 0.397. The van der Waals surface area contributed by atoms with Crippen LogP contribution in [-0.4, -0.2) is 34.6 Å². The van der Waals surface area contributed by atoms with Crippen LogP contribution in [-0.2, 0) is 11.3 Å². The highest BCUT2D eigenvalue weighted by atomic mass is 32.1. The van der Waals surface area contributed by atoms with Gasteiger partial charge in [0.1, 0.15) is 0 Å². The van der Waals surface area contributed by atoms with Gasteiger partial charge in [-0.2, -0.15) is 0 Å². The average molecular weight is 271 g/mol. The van der Waals surface area contributed by atoms with Gasteiger partial charge >= 0.3 is 5.97 Å². The molecule has 1 rings (SSSR count). The first-order valence-electron chi connectivity index (χ1n) is 5.67. The van der Waals surface area contributed by atoms with Crippen LogP contribution in [0.3, 0.4) is 0 Å². The minimum Gasteiger partial charge on any atom is -0.476 e. The van der Waals surface area contributed by atoms with E-state index in [4.69, 9.17) is 5.11 Å². The number of nitrogens with zero attached hydrogens (tertiary/aromatic N) is 1. The number of aromatic carboxylic acids is 1. The molecule has 0 spiro atoms. The van der Waals surface area contributed by atoms with Crippen LogP contribution < -0.4 is 10.6 Å². The molecule has 0 bridgehead atoms. The molecule has 1 heterocycles. The van der Waals surface area contributed by atoms with E-state index in [0.717, 1.165) is 11.3 Å². The van der Waals surface area contributed by atoms with Crippen LogP contribution in [0.5, 0.6) is 0 Å². The third kappa shape index (κ3) is 5.24. The van der Waals surface area contributed by atoms with Crippen molar-refractivity contribution >= 4 is 23.2 Å². The third-order valence-corrected chi connectivity index (χ3v) is 2.90. The first-order chi connectivity index (χ1) is 8.49. The van der Waals surface area contributed by atoms with E-state index in [1.165, 1.54) is 0 Å². The quantitative estimate of drug-likeness (QED) is 0.639. The summed E-state index contributed by atoms with van der Waals surface area (Å²) < 4.78 is 0. The maximum atomic E-state index is 11.3. The second kappa shape index (κ2) is 7.07. The molecule has 0 fully saturated rings. The normalized spacial score (nSPS) is 10.6. The Kier molecular flexibility index (Phi) is 5.73. The molecule has 1 amide bonds. The molecule has 18 heavy (non-hydrogen) atoms. The summed E-state index contributed by atoms with van der Waals surface area (Å²) >= 11 is 1.10. The van der Waals surface area contributed by atoms with Crippen molar-refractivity contribution < 1.29 is 14.7 Å². The minimum atomic E-state index is -1.01. The number of rotatable bonds is 7. The topological polar surface area (TPSA) is 91.3 Å². The van der Waals surface area contributed by atoms with Gasteiger partial charge in [0, 0.05) is 30.9 Å². The number of nitrogens with one attached hydrogen (secondary N) is 2. The molecule has 1 aromatic heterocycles. The summed E-state index contributed by atoms with van der Waals surface area (Å²) in [6.45, 7) is 4.83. The summed E-state index contributed by atoms with van der Waals surface area (Å²) in [5.41, 5.74) is 0.682. The van der Waals surface area contributed by atoms with Crippen LogP contribution in [0.15, 0.2) is 5.38 Å². The smallest absolute Gasteiger partial charge is 0.365 e. The molecule has 0 atom stereocenters. The Morgan fingerprint density at radius 3 is 2.78 bits per heavy atom. The first-order valence-corrected chi connectivity index (χ1v) is 6.54. The number of carboxylic acids is 1. The van der Waals surface area contributed by atoms with Crippen molar-refractivity contribution in [1.82, 2.24) is 15.6 Å². The van der Waals surface area contributed by atoms with Crippen molar-refractivity contribution in [3.8, 4) is 0 Å². The number of thiazole rings is 1. The number of amides is 1. The molecular weight excluding hydrogens is 254 g/mol. The first kappa shape index (κ1) is 14.6. The zero-order valence-electron chi connectivity index (χ0n) is 10.4.